The fourth-order valence-electron chi connectivity index (χ4n) is 5.95. The van der Waals surface area contributed by atoms with Crippen molar-refractivity contribution >= 4 is 11.6 Å². The molecule has 2 fully saturated rings. The molecule has 1 aliphatic carbocycles. The van der Waals surface area contributed by atoms with E-state index in [0.717, 1.165) is 17.8 Å². The number of benzene rings is 1. The summed E-state index contributed by atoms with van der Waals surface area (Å²) in [6, 6.07) is 10.9. The standard InChI is InChI=1S/C26H30N4O2/c1-17-12-25(2,26(16-27)10-6-3-7-11-26)20(13-28-17)23(31)18-8-4-5-9-19(18)24-29-21-14-32-15-22(21)30-24/h3-10,17,20-22,28H,11-15H2,1-2H3,(H,29,30). The Morgan fingerprint density at radius 3 is 2.88 bits per heavy atom. The van der Waals surface area contributed by atoms with Crippen molar-refractivity contribution in [2.24, 2.45) is 21.7 Å². The minimum absolute atomic E-state index is 0.0814. The number of fused-ring (bicyclic) bond motifs is 1. The molecule has 6 heteroatoms. The monoisotopic (exact) mass is 430 g/mol. The largest absolute Gasteiger partial charge is 0.377 e. The van der Waals surface area contributed by atoms with Gasteiger partial charge in [-0.25, -0.2) is 0 Å². The Bertz CT molecular complexity index is 1050. The number of ether oxygens (including phenoxy) is 1. The average molecular weight is 431 g/mol. The van der Waals surface area contributed by atoms with Gasteiger partial charge in [0.25, 0.3) is 0 Å². The predicted octanol–water partition coefficient (Wildman–Crippen LogP) is 3.02. The quantitative estimate of drug-likeness (QED) is 0.717. The van der Waals surface area contributed by atoms with Gasteiger partial charge in [0.05, 0.1) is 36.8 Å². The SMILES string of the molecule is CC1CC(C)(C2(C#N)C=CC=CC2)C(C(=O)c2ccccc2C2=NC3COCC3N2)CN1. The molecule has 1 aromatic rings. The fourth-order valence-corrected chi connectivity index (χ4v) is 5.95. The molecule has 3 aliphatic heterocycles. The van der Waals surface area contributed by atoms with Crippen LogP contribution in [0, 0.1) is 28.1 Å². The van der Waals surface area contributed by atoms with Gasteiger partial charge in [-0.2, -0.15) is 5.26 Å². The van der Waals surface area contributed by atoms with Crippen molar-refractivity contribution in [1.82, 2.24) is 10.6 Å². The summed E-state index contributed by atoms with van der Waals surface area (Å²) in [5.74, 6) is 0.542. The normalized spacial score (nSPS) is 38.0. The maximum absolute atomic E-state index is 14.1. The van der Waals surface area contributed by atoms with Crippen molar-refractivity contribution in [3.05, 3.63) is 59.7 Å². The van der Waals surface area contributed by atoms with E-state index in [-0.39, 0.29) is 29.8 Å². The molecule has 2 N–H and O–H groups in total. The van der Waals surface area contributed by atoms with Gasteiger partial charge in [0.1, 0.15) is 5.84 Å². The zero-order chi connectivity index (χ0) is 22.3. The van der Waals surface area contributed by atoms with Crippen LogP contribution in [0.1, 0.15) is 42.6 Å². The van der Waals surface area contributed by atoms with E-state index in [1.807, 2.05) is 42.5 Å². The molecule has 6 unspecified atom stereocenters. The van der Waals surface area contributed by atoms with Gasteiger partial charge in [-0.1, -0.05) is 55.5 Å². The highest BCUT2D eigenvalue weighted by Crippen LogP contribution is 2.54. The first-order valence-electron chi connectivity index (χ1n) is 11.5. The number of carbonyl (C=O) groups is 1. The van der Waals surface area contributed by atoms with E-state index in [0.29, 0.717) is 31.7 Å². The van der Waals surface area contributed by atoms with Crippen LogP contribution in [0.3, 0.4) is 0 Å². The summed E-state index contributed by atoms with van der Waals surface area (Å²) in [6.45, 7) is 6.09. The van der Waals surface area contributed by atoms with Crippen LogP contribution in [-0.2, 0) is 4.74 Å². The molecule has 32 heavy (non-hydrogen) atoms. The second-order valence-corrected chi connectivity index (χ2v) is 9.80. The number of carbonyl (C=O) groups excluding carboxylic acids is 1. The molecule has 4 aliphatic rings. The lowest BCUT2D eigenvalue weighted by Gasteiger charge is -2.52. The zero-order valence-electron chi connectivity index (χ0n) is 18.7. The first-order valence-corrected chi connectivity index (χ1v) is 11.5. The minimum Gasteiger partial charge on any atom is -0.377 e. The molecule has 166 valence electrons. The summed E-state index contributed by atoms with van der Waals surface area (Å²) in [4.78, 5) is 19.0. The van der Waals surface area contributed by atoms with Gasteiger partial charge in [0.2, 0.25) is 0 Å². The summed E-state index contributed by atoms with van der Waals surface area (Å²) < 4.78 is 5.51. The summed E-state index contributed by atoms with van der Waals surface area (Å²) in [7, 11) is 0. The molecule has 1 aromatic carbocycles. The van der Waals surface area contributed by atoms with Crippen molar-refractivity contribution in [3.63, 3.8) is 0 Å². The van der Waals surface area contributed by atoms with Crippen LogP contribution < -0.4 is 10.6 Å². The Kier molecular flexibility index (Phi) is 5.27. The molecule has 0 saturated carbocycles. The molecule has 0 aromatic heterocycles. The summed E-state index contributed by atoms with van der Waals surface area (Å²) in [5.41, 5.74) is 0.325. The molecular weight excluding hydrogens is 400 g/mol. The van der Waals surface area contributed by atoms with Crippen LogP contribution in [0.25, 0.3) is 0 Å². The average Bonchev–Trinajstić information content (AvgIpc) is 3.41. The molecular formula is C26H30N4O2. The summed E-state index contributed by atoms with van der Waals surface area (Å²) >= 11 is 0. The van der Waals surface area contributed by atoms with Crippen LogP contribution in [0.15, 0.2) is 53.6 Å². The molecule has 5 rings (SSSR count). The molecule has 0 bridgehead atoms. The number of ketones is 1. The van der Waals surface area contributed by atoms with E-state index in [1.54, 1.807) is 0 Å². The van der Waals surface area contributed by atoms with Crippen molar-refractivity contribution in [2.45, 2.75) is 44.8 Å². The number of nitrogens with zero attached hydrogens (tertiary/aromatic N) is 2. The number of rotatable bonds is 4. The van der Waals surface area contributed by atoms with Gasteiger partial charge < -0.3 is 15.4 Å². The third kappa shape index (κ3) is 3.23. The molecule has 0 radical (unpaired) electrons. The van der Waals surface area contributed by atoms with Crippen LogP contribution >= 0.6 is 0 Å². The minimum atomic E-state index is -0.704. The molecule has 0 spiro atoms. The highest BCUT2D eigenvalue weighted by Gasteiger charge is 2.56. The number of nitriles is 1. The molecule has 0 amide bonds. The van der Waals surface area contributed by atoms with Crippen molar-refractivity contribution in [1.29, 1.82) is 5.26 Å². The number of Topliss-reactive ketones (excluding diaryl/α,β-unsaturated/α-hetero) is 1. The van der Waals surface area contributed by atoms with E-state index in [4.69, 9.17) is 9.73 Å². The first-order chi connectivity index (χ1) is 15.5. The third-order valence-corrected chi connectivity index (χ3v) is 7.89. The molecule has 2 saturated heterocycles. The van der Waals surface area contributed by atoms with Crippen LogP contribution in [-0.4, -0.2) is 49.5 Å². The number of hydrogen-bond acceptors (Lipinski definition) is 6. The zero-order valence-corrected chi connectivity index (χ0v) is 18.7. The van der Waals surface area contributed by atoms with Crippen LogP contribution in [0.5, 0.6) is 0 Å². The lowest BCUT2D eigenvalue weighted by Crippen LogP contribution is -2.57. The van der Waals surface area contributed by atoms with Crippen LogP contribution in [0.2, 0.25) is 0 Å². The number of hydrogen-bond donors (Lipinski definition) is 2. The number of aliphatic imine (C=N–C) groups is 1. The van der Waals surface area contributed by atoms with Crippen LogP contribution in [0.4, 0.5) is 0 Å². The van der Waals surface area contributed by atoms with Crippen molar-refractivity contribution < 1.29 is 9.53 Å². The lowest BCUT2D eigenvalue weighted by atomic mass is 9.52. The second-order valence-electron chi connectivity index (χ2n) is 9.80. The van der Waals surface area contributed by atoms with Gasteiger partial charge in [-0.05, 0) is 19.8 Å². The molecule has 6 nitrogen and oxygen atoms in total. The van der Waals surface area contributed by atoms with Crippen molar-refractivity contribution in [3.8, 4) is 6.07 Å². The van der Waals surface area contributed by atoms with E-state index >= 15 is 0 Å². The highest BCUT2D eigenvalue weighted by atomic mass is 16.5. The molecule has 6 atom stereocenters. The number of nitrogens with one attached hydrogen (secondary N) is 2. The van der Waals surface area contributed by atoms with Gasteiger partial charge in [-0.3, -0.25) is 9.79 Å². The van der Waals surface area contributed by atoms with Crippen molar-refractivity contribution in [2.75, 3.05) is 19.8 Å². The third-order valence-electron chi connectivity index (χ3n) is 7.89. The highest BCUT2D eigenvalue weighted by molar-refractivity contribution is 6.11. The smallest absolute Gasteiger partial charge is 0.168 e. The Morgan fingerprint density at radius 1 is 1.28 bits per heavy atom. The molecule has 3 heterocycles. The van der Waals surface area contributed by atoms with Gasteiger partial charge >= 0.3 is 0 Å². The first kappa shape index (κ1) is 21.1. The van der Waals surface area contributed by atoms with E-state index in [9.17, 15) is 10.1 Å². The Morgan fingerprint density at radius 2 is 2.12 bits per heavy atom. The number of allylic oxidation sites excluding steroid dienone is 4. The maximum Gasteiger partial charge on any atom is 0.168 e. The van der Waals surface area contributed by atoms with E-state index in [1.165, 1.54) is 0 Å². The lowest BCUT2D eigenvalue weighted by molar-refractivity contribution is 0.0218. The topological polar surface area (TPSA) is 86.5 Å². The summed E-state index contributed by atoms with van der Waals surface area (Å²) in [6.07, 6.45) is 9.40. The number of piperidine rings is 1. The van der Waals surface area contributed by atoms with E-state index < -0.39 is 10.8 Å². The Hall–Kier alpha value is -2.75. The number of amidine groups is 1. The Balaban J connectivity index is 1.53. The maximum atomic E-state index is 14.1. The fraction of sp³-hybridized carbons (Fsp3) is 0.500. The summed E-state index contributed by atoms with van der Waals surface area (Å²) in [5, 5.41) is 17.3. The van der Waals surface area contributed by atoms with Gasteiger partial charge in [0.15, 0.2) is 5.78 Å². The van der Waals surface area contributed by atoms with Gasteiger partial charge in [-0.15, -0.1) is 0 Å². The predicted molar refractivity (Wildman–Crippen MR) is 123 cm³/mol. The van der Waals surface area contributed by atoms with E-state index in [2.05, 4.69) is 36.6 Å². The Labute approximate surface area is 189 Å². The van der Waals surface area contributed by atoms with Gasteiger partial charge in [0, 0.05) is 35.0 Å². The second kappa shape index (κ2) is 7.99.